The number of aromatic nitrogens is 2. The van der Waals surface area contributed by atoms with Crippen molar-refractivity contribution in [3.05, 3.63) is 70.8 Å². The molecule has 0 saturated heterocycles. The van der Waals surface area contributed by atoms with Gasteiger partial charge in [-0.2, -0.15) is 4.31 Å². The molecule has 1 aromatic heterocycles. The van der Waals surface area contributed by atoms with Crippen LogP contribution in [0.2, 0.25) is 5.02 Å². The van der Waals surface area contributed by atoms with Crippen LogP contribution in [-0.4, -0.2) is 36.3 Å². The van der Waals surface area contributed by atoms with Gasteiger partial charge in [0.2, 0.25) is 10.0 Å². The molecule has 6 nitrogen and oxygen atoms in total. The molecule has 0 amide bonds. The van der Waals surface area contributed by atoms with Crippen molar-refractivity contribution in [3.63, 3.8) is 0 Å². The Hall–Kier alpha value is -2.55. The molecule has 2 heterocycles. The number of halogens is 2. The predicted octanol–water partition coefficient (Wildman–Crippen LogP) is 3.69. The quantitative estimate of drug-likeness (QED) is 0.627. The normalized spacial score (nSPS) is 14.4. The van der Waals surface area contributed by atoms with Gasteiger partial charge in [-0.1, -0.05) is 11.6 Å². The monoisotopic (exact) mass is 433 g/mol. The van der Waals surface area contributed by atoms with Crippen molar-refractivity contribution in [3.8, 4) is 17.1 Å². The van der Waals surface area contributed by atoms with Crippen LogP contribution in [0.3, 0.4) is 0 Å². The first-order chi connectivity index (χ1) is 13.9. The van der Waals surface area contributed by atoms with Gasteiger partial charge in [-0.15, -0.1) is 0 Å². The molecule has 1 aliphatic heterocycles. The Morgan fingerprint density at radius 1 is 1.17 bits per heavy atom. The molecule has 1 aliphatic rings. The minimum atomic E-state index is -3.80. The Kier molecular flexibility index (Phi) is 5.24. The largest absolute Gasteiger partial charge is 0.497 e. The van der Waals surface area contributed by atoms with E-state index in [0.29, 0.717) is 12.2 Å². The summed E-state index contributed by atoms with van der Waals surface area (Å²) in [5.74, 6) is 0.663. The third-order valence-electron chi connectivity index (χ3n) is 4.78. The van der Waals surface area contributed by atoms with Crippen LogP contribution in [0.25, 0.3) is 11.4 Å². The summed E-state index contributed by atoms with van der Waals surface area (Å²) in [6.45, 7) is 0.416. The summed E-state index contributed by atoms with van der Waals surface area (Å²) in [7, 11) is -2.20. The van der Waals surface area contributed by atoms with Gasteiger partial charge in [-0.25, -0.2) is 22.8 Å². The molecule has 0 atom stereocenters. The van der Waals surface area contributed by atoms with Crippen LogP contribution in [-0.2, 0) is 23.0 Å². The predicted molar refractivity (Wildman–Crippen MR) is 107 cm³/mol. The van der Waals surface area contributed by atoms with Crippen molar-refractivity contribution in [2.75, 3.05) is 13.7 Å². The molecular formula is C20H17ClFN3O3S. The molecule has 9 heteroatoms. The first-order valence-electron chi connectivity index (χ1n) is 8.83. The summed E-state index contributed by atoms with van der Waals surface area (Å²) in [4.78, 5) is 8.96. The van der Waals surface area contributed by atoms with E-state index in [1.54, 1.807) is 13.3 Å². The van der Waals surface area contributed by atoms with Gasteiger partial charge in [-0.3, -0.25) is 0 Å². The lowest BCUT2D eigenvalue weighted by molar-refractivity contribution is 0.387. The second-order valence-electron chi connectivity index (χ2n) is 6.56. The van der Waals surface area contributed by atoms with Crippen LogP contribution in [0.1, 0.15) is 11.3 Å². The first-order valence-corrected chi connectivity index (χ1v) is 10.6. The van der Waals surface area contributed by atoms with Crippen LogP contribution in [0, 0.1) is 5.82 Å². The van der Waals surface area contributed by atoms with Crippen LogP contribution >= 0.6 is 11.6 Å². The Morgan fingerprint density at radius 3 is 2.62 bits per heavy atom. The minimum Gasteiger partial charge on any atom is -0.497 e. The van der Waals surface area contributed by atoms with Gasteiger partial charge in [0.25, 0.3) is 0 Å². The number of hydrogen-bond acceptors (Lipinski definition) is 5. The molecule has 3 aromatic rings. The molecule has 0 bridgehead atoms. The molecule has 0 N–H and O–H groups in total. The van der Waals surface area contributed by atoms with E-state index in [2.05, 4.69) is 9.97 Å². The number of rotatable bonds is 4. The van der Waals surface area contributed by atoms with E-state index in [9.17, 15) is 12.8 Å². The smallest absolute Gasteiger partial charge is 0.243 e. The van der Waals surface area contributed by atoms with Crippen LogP contribution < -0.4 is 4.74 Å². The molecule has 0 aliphatic carbocycles. The van der Waals surface area contributed by atoms with Gasteiger partial charge in [0.1, 0.15) is 11.6 Å². The van der Waals surface area contributed by atoms with E-state index in [1.165, 1.54) is 10.4 Å². The average molecular weight is 434 g/mol. The summed E-state index contributed by atoms with van der Waals surface area (Å²) in [5, 5.41) is -0.226. The molecular weight excluding hydrogens is 417 g/mol. The molecule has 29 heavy (non-hydrogen) atoms. The third-order valence-corrected chi connectivity index (χ3v) is 6.91. The minimum absolute atomic E-state index is 0.0388. The number of benzene rings is 2. The Bertz CT molecular complexity index is 1170. The molecule has 150 valence electrons. The van der Waals surface area contributed by atoms with Crippen LogP contribution in [0.4, 0.5) is 4.39 Å². The SMILES string of the molecule is COc1ccc(-c2ncc3c(n2)CCN(S(=O)(=O)c2ccc(F)c(Cl)c2)C3)cc1. The lowest BCUT2D eigenvalue weighted by atomic mass is 10.1. The summed E-state index contributed by atoms with van der Waals surface area (Å²) < 4.78 is 45.7. The number of nitrogens with zero attached hydrogens (tertiary/aromatic N) is 3. The Balaban J connectivity index is 1.59. The average Bonchev–Trinajstić information content (AvgIpc) is 2.75. The highest BCUT2D eigenvalue weighted by atomic mass is 35.5. The number of fused-ring (bicyclic) bond motifs is 1. The van der Waals surface area contributed by atoms with Crippen molar-refractivity contribution in [2.24, 2.45) is 0 Å². The van der Waals surface area contributed by atoms with Gasteiger partial charge in [0.15, 0.2) is 5.82 Å². The molecule has 4 rings (SSSR count). The maximum atomic E-state index is 13.4. The zero-order valence-corrected chi connectivity index (χ0v) is 17.0. The summed E-state index contributed by atoms with van der Waals surface area (Å²) in [5.41, 5.74) is 2.41. The van der Waals surface area contributed by atoms with E-state index in [-0.39, 0.29) is 23.0 Å². The summed E-state index contributed by atoms with van der Waals surface area (Å²) in [6.07, 6.45) is 2.11. The van der Waals surface area contributed by atoms with Crippen molar-refractivity contribution in [1.29, 1.82) is 0 Å². The zero-order valence-electron chi connectivity index (χ0n) is 15.5. The maximum absolute atomic E-state index is 13.4. The fourth-order valence-electron chi connectivity index (χ4n) is 3.16. The fraction of sp³-hybridized carbons (Fsp3) is 0.200. The molecule has 0 saturated carbocycles. The van der Waals surface area contributed by atoms with Crippen molar-refractivity contribution in [1.82, 2.24) is 14.3 Å². The van der Waals surface area contributed by atoms with Gasteiger partial charge >= 0.3 is 0 Å². The van der Waals surface area contributed by atoms with E-state index in [0.717, 1.165) is 34.7 Å². The Morgan fingerprint density at radius 2 is 1.93 bits per heavy atom. The highest BCUT2D eigenvalue weighted by Gasteiger charge is 2.30. The first kappa shape index (κ1) is 19.8. The number of methoxy groups -OCH3 is 1. The fourth-order valence-corrected chi connectivity index (χ4v) is 4.85. The Labute approximate surface area is 173 Å². The van der Waals surface area contributed by atoms with Crippen LogP contribution in [0.15, 0.2) is 53.6 Å². The second kappa shape index (κ2) is 7.70. The van der Waals surface area contributed by atoms with Gasteiger partial charge in [-0.05, 0) is 42.5 Å². The highest BCUT2D eigenvalue weighted by molar-refractivity contribution is 7.89. The standard InChI is InChI=1S/C20H17ClFN3O3S/c1-28-15-4-2-13(3-5-15)20-23-11-14-12-25(9-8-19(14)24-20)29(26,27)16-6-7-18(22)17(21)10-16/h2-7,10-11H,8-9,12H2,1H3. The summed E-state index contributed by atoms with van der Waals surface area (Å²) >= 11 is 5.75. The lowest BCUT2D eigenvalue weighted by Crippen LogP contribution is -2.36. The number of sulfonamides is 1. The van der Waals surface area contributed by atoms with E-state index < -0.39 is 15.8 Å². The van der Waals surface area contributed by atoms with Gasteiger partial charge in [0, 0.05) is 36.8 Å². The molecule has 0 radical (unpaired) electrons. The second-order valence-corrected chi connectivity index (χ2v) is 8.90. The molecule has 0 unspecified atom stereocenters. The van der Waals surface area contributed by atoms with Gasteiger partial charge < -0.3 is 4.74 Å². The van der Waals surface area contributed by atoms with E-state index >= 15 is 0 Å². The molecule has 0 spiro atoms. The van der Waals surface area contributed by atoms with Crippen LogP contribution in [0.5, 0.6) is 5.75 Å². The summed E-state index contributed by atoms with van der Waals surface area (Å²) in [6, 6.07) is 10.8. The van der Waals surface area contributed by atoms with Crippen molar-refractivity contribution >= 4 is 21.6 Å². The maximum Gasteiger partial charge on any atom is 0.243 e. The lowest BCUT2D eigenvalue weighted by Gasteiger charge is -2.27. The topological polar surface area (TPSA) is 72.4 Å². The van der Waals surface area contributed by atoms with Crippen molar-refractivity contribution in [2.45, 2.75) is 17.9 Å². The number of hydrogen-bond donors (Lipinski definition) is 0. The van der Waals surface area contributed by atoms with Gasteiger partial charge in [0.05, 0.1) is 22.7 Å². The molecule has 2 aromatic carbocycles. The third kappa shape index (κ3) is 3.83. The molecule has 0 fully saturated rings. The number of ether oxygens (including phenoxy) is 1. The highest BCUT2D eigenvalue weighted by Crippen LogP contribution is 2.28. The van der Waals surface area contributed by atoms with Crippen molar-refractivity contribution < 1.29 is 17.5 Å². The van der Waals surface area contributed by atoms with E-state index in [4.69, 9.17) is 16.3 Å². The zero-order chi connectivity index (χ0) is 20.6. The van der Waals surface area contributed by atoms with E-state index in [1.807, 2.05) is 24.3 Å².